The van der Waals surface area contributed by atoms with Gasteiger partial charge in [0.05, 0.1) is 0 Å². The Hall–Kier alpha value is -2.18. The molecule has 0 amide bonds. The fraction of sp³-hybridized carbons (Fsp3) is 0.100. The molecular formula is C10H7F3N4. The minimum atomic E-state index is -4.61. The molecule has 0 fully saturated rings. The molecule has 0 saturated heterocycles. The van der Waals surface area contributed by atoms with Crippen molar-refractivity contribution in [3.8, 4) is 11.5 Å². The first-order chi connectivity index (χ1) is 8.02. The molecule has 0 saturated carbocycles. The van der Waals surface area contributed by atoms with Crippen LogP contribution in [0.3, 0.4) is 0 Å². The first-order valence-corrected chi connectivity index (χ1v) is 4.58. The highest BCUT2D eigenvalue weighted by atomic mass is 19.4. The van der Waals surface area contributed by atoms with Gasteiger partial charge in [0.15, 0.2) is 5.82 Å². The number of halogens is 3. The van der Waals surface area contributed by atoms with Gasteiger partial charge in [-0.15, -0.1) is 17.9 Å². The number of pyridine rings is 1. The predicted molar refractivity (Wildman–Crippen MR) is 54.6 cm³/mol. The van der Waals surface area contributed by atoms with Crippen LogP contribution < -0.4 is 0 Å². The van der Waals surface area contributed by atoms with Gasteiger partial charge in [-0.2, -0.15) is 5.10 Å². The van der Waals surface area contributed by atoms with Crippen molar-refractivity contribution in [3.63, 3.8) is 0 Å². The van der Waals surface area contributed by atoms with Crippen LogP contribution in [0.15, 0.2) is 31.2 Å². The van der Waals surface area contributed by atoms with Crippen LogP contribution in [0.1, 0.15) is 5.56 Å². The second-order valence-corrected chi connectivity index (χ2v) is 3.14. The van der Waals surface area contributed by atoms with Crippen molar-refractivity contribution in [2.45, 2.75) is 6.30 Å². The topological polar surface area (TPSA) is 43.6 Å². The maximum absolute atomic E-state index is 12.5. The molecule has 2 aromatic rings. The van der Waals surface area contributed by atoms with E-state index in [2.05, 4.69) is 21.6 Å². The Kier molecular flexibility index (Phi) is 2.66. The van der Waals surface area contributed by atoms with Gasteiger partial charge >= 0.3 is 6.30 Å². The zero-order chi connectivity index (χ0) is 12.5. The van der Waals surface area contributed by atoms with Crippen LogP contribution in [0.4, 0.5) is 13.2 Å². The average Bonchev–Trinajstić information content (AvgIpc) is 2.78. The quantitative estimate of drug-likeness (QED) is 0.809. The number of hydrogen-bond donors (Lipinski definition) is 0. The Bertz CT molecular complexity index is 527. The van der Waals surface area contributed by atoms with Crippen molar-refractivity contribution < 1.29 is 13.2 Å². The lowest BCUT2D eigenvalue weighted by Gasteiger charge is -2.08. The summed E-state index contributed by atoms with van der Waals surface area (Å²) in [7, 11) is 0. The van der Waals surface area contributed by atoms with Crippen molar-refractivity contribution in [3.05, 3.63) is 36.8 Å². The van der Waals surface area contributed by atoms with Gasteiger partial charge in [0.25, 0.3) is 0 Å². The second kappa shape index (κ2) is 4.00. The molecule has 0 aromatic carbocycles. The Morgan fingerprint density at radius 1 is 1.24 bits per heavy atom. The summed E-state index contributed by atoms with van der Waals surface area (Å²) < 4.78 is 37.5. The van der Waals surface area contributed by atoms with Gasteiger partial charge in [-0.1, -0.05) is 18.7 Å². The Labute approximate surface area is 94.4 Å². The lowest BCUT2D eigenvalue weighted by molar-refractivity contribution is -0.211. The standard InChI is InChI=1S/C10H7F3N4/c1-2-7-3-4-8(14-5-7)9-15-6-16-17(9)10(11,12)13/h2-6H,1H2. The SMILES string of the molecule is C=Cc1ccc(-c2ncnn2C(F)(F)F)nc1. The number of aromatic nitrogens is 4. The highest BCUT2D eigenvalue weighted by molar-refractivity contribution is 5.53. The molecule has 17 heavy (non-hydrogen) atoms. The first kappa shape index (κ1) is 11.3. The molecule has 0 bridgehead atoms. The molecule has 0 spiro atoms. The highest BCUT2D eigenvalue weighted by Crippen LogP contribution is 2.26. The van der Waals surface area contributed by atoms with E-state index in [1.165, 1.54) is 12.3 Å². The molecule has 0 aliphatic carbocycles. The Balaban J connectivity index is 2.46. The van der Waals surface area contributed by atoms with Crippen molar-refractivity contribution in [1.29, 1.82) is 0 Å². The van der Waals surface area contributed by atoms with Gasteiger partial charge in [0, 0.05) is 6.20 Å². The fourth-order valence-electron chi connectivity index (χ4n) is 1.26. The lowest BCUT2D eigenvalue weighted by Crippen LogP contribution is -2.19. The van der Waals surface area contributed by atoms with Crippen LogP contribution in [0.25, 0.3) is 17.6 Å². The molecule has 7 heteroatoms. The maximum Gasteiger partial charge on any atom is 0.506 e. The lowest BCUT2D eigenvalue weighted by atomic mass is 10.2. The third-order valence-corrected chi connectivity index (χ3v) is 2.04. The van der Waals surface area contributed by atoms with Crippen LogP contribution in [0.2, 0.25) is 0 Å². The van der Waals surface area contributed by atoms with E-state index in [-0.39, 0.29) is 16.2 Å². The molecule has 4 nitrogen and oxygen atoms in total. The molecule has 2 heterocycles. The second-order valence-electron chi connectivity index (χ2n) is 3.14. The van der Waals surface area contributed by atoms with Crippen molar-refractivity contribution in [2.75, 3.05) is 0 Å². The number of alkyl halides is 3. The smallest absolute Gasteiger partial charge is 0.252 e. The molecule has 0 atom stereocenters. The van der Waals surface area contributed by atoms with E-state index < -0.39 is 6.30 Å². The van der Waals surface area contributed by atoms with Crippen molar-refractivity contribution in [1.82, 2.24) is 19.7 Å². The first-order valence-electron chi connectivity index (χ1n) is 4.58. The number of nitrogens with zero attached hydrogens (tertiary/aromatic N) is 4. The van der Waals surface area contributed by atoms with E-state index in [0.29, 0.717) is 5.56 Å². The minimum Gasteiger partial charge on any atom is -0.252 e. The third-order valence-electron chi connectivity index (χ3n) is 2.04. The van der Waals surface area contributed by atoms with Crippen LogP contribution in [0.5, 0.6) is 0 Å². The Morgan fingerprint density at radius 3 is 2.53 bits per heavy atom. The van der Waals surface area contributed by atoms with Crippen LogP contribution in [-0.4, -0.2) is 19.7 Å². The molecule has 0 unspecified atom stereocenters. The van der Waals surface area contributed by atoms with E-state index >= 15 is 0 Å². The third kappa shape index (κ3) is 2.17. The van der Waals surface area contributed by atoms with E-state index in [1.807, 2.05) is 0 Å². The van der Waals surface area contributed by atoms with Crippen LogP contribution in [0, 0.1) is 0 Å². The Morgan fingerprint density at radius 2 is 2.00 bits per heavy atom. The zero-order valence-corrected chi connectivity index (χ0v) is 8.52. The minimum absolute atomic E-state index is 0.102. The van der Waals surface area contributed by atoms with Gasteiger partial charge in [0.2, 0.25) is 0 Å². The normalized spacial score (nSPS) is 11.5. The number of rotatable bonds is 2. The van der Waals surface area contributed by atoms with E-state index in [9.17, 15) is 13.2 Å². The molecule has 0 radical (unpaired) electrons. The van der Waals surface area contributed by atoms with Gasteiger partial charge in [0.1, 0.15) is 12.0 Å². The number of hydrogen-bond acceptors (Lipinski definition) is 3. The highest BCUT2D eigenvalue weighted by Gasteiger charge is 2.35. The van der Waals surface area contributed by atoms with Crippen LogP contribution >= 0.6 is 0 Å². The maximum atomic E-state index is 12.5. The van der Waals surface area contributed by atoms with Crippen LogP contribution in [-0.2, 0) is 6.30 Å². The van der Waals surface area contributed by atoms with Crippen molar-refractivity contribution in [2.24, 2.45) is 0 Å². The molecule has 88 valence electrons. The fourth-order valence-corrected chi connectivity index (χ4v) is 1.26. The summed E-state index contributed by atoms with van der Waals surface area (Å²) in [6, 6.07) is 3.04. The van der Waals surface area contributed by atoms with Crippen molar-refractivity contribution >= 4 is 6.08 Å². The average molecular weight is 240 g/mol. The van der Waals surface area contributed by atoms with E-state index in [1.54, 1.807) is 12.1 Å². The summed E-state index contributed by atoms with van der Waals surface area (Å²) in [5.41, 5.74) is 0.817. The molecule has 0 aliphatic rings. The molecule has 2 rings (SSSR count). The van der Waals surface area contributed by atoms with E-state index in [4.69, 9.17) is 0 Å². The van der Waals surface area contributed by atoms with E-state index in [0.717, 1.165) is 6.33 Å². The summed E-state index contributed by atoms with van der Waals surface area (Å²) in [5, 5.41) is 3.13. The van der Waals surface area contributed by atoms with Gasteiger partial charge in [-0.25, -0.2) is 4.98 Å². The molecule has 2 aromatic heterocycles. The summed E-state index contributed by atoms with van der Waals surface area (Å²) in [6.07, 6.45) is -0.806. The van der Waals surface area contributed by atoms with Gasteiger partial charge in [-0.05, 0) is 11.6 Å². The largest absolute Gasteiger partial charge is 0.506 e. The summed E-state index contributed by atoms with van der Waals surface area (Å²) in [6.45, 7) is 3.53. The zero-order valence-electron chi connectivity index (χ0n) is 8.52. The summed E-state index contributed by atoms with van der Waals surface area (Å²) >= 11 is 0. The summed E-state index contributed by atoms with van der Waals surface area (Å²) in [4.78, 5) is 7.42. The predicted octanol–water partition coefficient (Wildman–Crippen LogP) is 2.46. The molecule has 0 aliphatic heterocycles. The summed E-state index contributed by atoms with van der Waals surface area (Å²) in [5.74, 6) is -0.340. The molecule has 0 N–H and O–H groups in total. The van der Waals surface area contributed by atoms with Gasteiger partial charge in [-0.3, -0.25) is 4.98 Å². The molecular weight excluding hydrogens is 233 g/mol. The van der Waals surface area contributed by atoms with Gasteiger partial charge < -0.3 is 0 Å². The monoisotopic (exact) mass is 240 g/mol.